The molecule has 1 saturated heterocycles. The second-order valence-electron chi connectivity index (χ2n) is 7.45. The van der Waals surface area contributed by atoms with Crippen molar-refractivity contribution < 1.29 is 14.0 Å². The van der Waals surface area contributed by atoms with E-state index in [4.69, 9.17) is 0 Å². The summed E-state index contributed by atoms with van der Waals surface area (Å²) in [6, 6.07) is 5.77. The van der Waals surface area contributed by atoms with Crippen LogP contribution in [0.25, 0.3) is 5.57 Å². The van der Waals surface area contributed by atoms with E-state index in [0.717, 1.165) is 25.9 Å². The highest BCUT2D eigenvalue weighted by Gasteiger charge is 2.43. The molecule has 0 bridgehead atoms. The van der Waals surface area contributed by atoms with Crippen LogP contribution < -0.4 is 0 Å². The summed E-state index contributed by atoms with van der Waals surface area (Å²) in [5, 5.41) is 0. The molecule has 2 heterocycles. The molecule has 3 rings (SSSR count). The highest BCUT2D eigenvalue weighted by molar-refractivity contribution is 6.35. The van der Waals surface area contributed by atoms with Gasteiger partial charge >= 0.3 is 0 Å². The molecule has 26 heavy (non-hydrogen) atoms. The van der Waals surface area contributed by atoms with E-state index in [-0.39, 0.29) is 29.7 Å². The van der Waals surface area contributed by atoms with Crippen molar-refractivity contribution in [3.63, 3.8) is 0 Å². The molecule has 0 N–H and O–H groups in total. The van der Waals surface area contributed by atoms with Crippen LogP contribution in [0.4, 0.5) is 4.39 Å². The van der Waals surface area contributed by atoms with E-state index >= 15 is 0 Å². The minimum absolute atomic E-state index is 0.209. The first-order valence-corrected chi connectivity index (χ1v) is 9.10. The summed E-state index contributed by atoms with van der Waals surface area (Å²) < 4.78 is 13.3. The number of benzene rings is 1. The standard InChI is InChI=1S/C20H26FN3O2/c1-13(2)24-19(25)17(14-5-7-15(21)8-6-14)18(20(24)26)23(4)16-9-11-22(3)12-10-16/h5-8,13,16H,9-12H2,1-4H3. The minimum Gasteiger partial charge on any atom is -0.366 e. The Morgan fingerprint density at radius 1 is 1.08 bits per heavy atom. The Hall–Kier alpha value is -2.21. The number of nitrogens with zero attached hydrogens (tertiary/aromatic N) is 3. The monoisotopic (exact) mass is 359 g/mol. The van der Waals surface area contributed by atoms with Gasteiger partial charge in [-0.2, -0.15) is 0 Å². The minimum atomic E-state index is -0.364. The van der Waals surface area contributed by atoms with Crippen molar-refractivity contribution >= 4 is 17.4 Å². The highest BCUT2D eigenvalue weighted by atomic mass is 19.1. The van der Waals surface area contributed by atoms with Crippen LogP contribution in [0.15, 0.2) is 30.0 Å². The summed E-state index contributed by atoms with van der Waals surface area (Å²) in [5.41, 5.74) is 1.40. The molecule has 0 atom stereocenters. The zero-order chi connectivity index (χ0) is 19.0. The van der Waals surface area contributed by atoms with Gasteiger partial charge in [0.25, 0.3) is 11.8 Å². The summed E-state index contributed by atoms with van der Waals surface area (Å²) in [6.45, 7) is 5.58. The van der Waals surface area contributed by atoms with E-state index in [0.29, 0.717) is 16.8 Å². The first-order chi connectivity index (χ1) is 12.3. The number of rotatable bonds is 4. The summed E-state index contributed by atoms with van der Waals surface area (Å²) in [6.07, 6.45) is 1.88. The Bertz CT molecular complexity index is 734. The number of halogens is 1. The fourth-order valence-electron chi connectivity index (χ4n) is 3.77. The van der Waals surface area contributed by atoms with Gasteiger partial charge in [0.2, 0.25) is 0 Å². The van der Waals surface area contributed by atoms with E-state index < -0.39 is 0 Å². The van der Waals surface area contributed by atoms with Crippen LogP contribution in [0.2, 0.25) is 0 Å². The quantitative estimate of drug-likeness (QED) is 0.774. The van der Waals surface area contributed by atoms with Gasteiger partial charge in [0, 0.05) is 19.1 Å². The van der Waals surface area contributed by atoms with E-state index in [1.165, 1.54) is 17.0 Å². The van der Waals surface area contributed by atoms with Gasteiger partial charge in [-0.1, -0.05) is 12.1 Å². The van der Waals surface area contributed by atoms with Crippen LogP contribution >= 0.6 is 0 Å². The molecule has 140 valence electrons. The third kappa shape index (κ3) is 3.26. The number of imide groups is 1. The van der Waals surface area contributed by atoms with Crippen LogP contribution in [0.5, 0.6) is 0 Å². The zero-order valence-electron chi connectivity index (χ0n) is 15.8. The molecule has 0 aromatic heterocycles. The number of carbonyl (C=O) groups excluding carboxylic acids is 2. The summed E-state index contributed by atoms with van der Waals surface area (Å²) in [4.78, 5) is 31.6. The largest absolute Gasteiger partial charge is 0.366 e. The van der Waals surface area contributed by atoms with Gasteiger partial charge in [0.15, 0.2) is 0 Å². The van der Waals surface area contributed by atoms with Crippen LogP contribution in [0.3, 0.4) is 0 Å². The lowest BCUT2D eigenvalue weighted by Crippen LogP contribution is -2.44. The van der Waals surface area contributed by atoms with E-state index in [9.17, 15) is 14.0 Å². The molecular formula is C20H26FN3O2. The van der Waals surface area contributed by atoms with Gasteiger partial charge < -0.3 is 9.80 Å². The summed E-state index contributed by atoms with van der Waals surface area (Å²) in [5.74, 6) is -0.922. The molecule has 2 aliphatic rings. The van der Waals surface area contributed by atoms with Crippen molar-refractivity contribution in [2.24, 2.45) is 0 Å². The SMILES string of the molecule is CC(C)N1C(=O)C(c2ccc(F)cc2)=C(N(C)C2CCN(C)CC2)C1=O. The van der Waals surface area contributed by atoms with Crippen molar-refractivity contribution in [2.45, 2.75) is 38.8 Å². The number of likely N-dealkylation sites (N-methyl/N-ethyl adjacent to an activating group) is 1. The highest BCUT2D eigenvalue weighted by Crippen LogP contribution is 2.34. The number of hydrogen-bond acceptors (Lipinski definition) is 4. The lowest BCUT2D eigenvalue weighted by atomic mass is 10.00. The van der Waals surface area contributed by atoms with Gasteiger partial charge in [-0.3, -0.25) is 14.5 Å². The molecule has 0 radical (unpaired) electrons. The average Bonchev–Trinajstić information content (AvgIpc) is 2.86. The van der Waals surface area contributed by atoms with Gasteiger partial charge in [0.1, 0.15) is 11.5 Å². The van der Waals surface area contributed by atoms with Gasteiger partial charge in [-0.05, 0) is 64.5 Å². The fourth-order valence-corrected chi connectivity index (χ4v) is 3.77. The van der Waals surface area contributed by atoms with E-state index in [1.54, 1.807) is 12.1 Å². The van der Waals surface area contributed by atoms with Crippen molar-refractivity contribution in [1.29, 1.82) is 0 Å². The Balaban J connectivity index is 2.03. The first kappa shape index (κ1) is 18.6. The molecule has 5 nitrogen and oxygen atoms in total. The van der Waals surface area contributed by atoms with Crippen molar-refractivity contribution in [3.8, 4) is 0 Å². The van der Waals surface area contributed by atoms with Crippen molar-refractivity contribution in [2.75, 3.05) is 27.2 Å². The Morgan fingerprint density at radius 2 is 1.65 bits per heavy atom. The lowest BCUT2D eigenvalue weighted by Gasteiger charge is -2.36. The average molecular weight is 359 g/mol. The Morgan fingerprint density at radius 3 is 2.19 bits per heavy atom. The molecule has 0 aliphatic carbocycles. The molecule has 1 aromatic carbocycles. The fraction of sp³-hybridized carbons (Fsp3) is 0.500. The molecular weight excluding hydrogens is 333 g/mol. The van der Waals surface area contributed by atoms with Crippen molar-refractivity contribution in [3.05, 3.63) is 41.3 Å². The van der Waals surface area contributed by atoms with Crippen LogP contribution in [-0.2, 0) is 9.59 Å². The maximum Gasteiger partial charge on any atom is 0.278 e. The molecule has 0 unspecified atom stereocenters. The van der Waals surface area contributed by atoms with Crippen molar-refractivity contribution in [1.82, 2.24) is 14.7 Å². The number of carbonyl (C=O) groups is 2. The maximum atomic E-state index is 13.3. The van der Waals surface area contributed by atoms with Gasteiger partial charge in [-0.25, -0.2) is 4.39 Å². The molecule has 0 spiro atoms. The molecule has 1 aromatic rings. The van der Waals surface area contributed by atoms with Gasteiger partial charge in [-0.15, -0.1) is 0 Å². The normalized spacial score (nSPS) is 19.8. The third-order valence-corrected chi connectivity index (χ3v) is 5.33. The maximum absolute atomic E-state index is 13.3. The molecule has 2 amide bonds. The van der Waals surface area contributed by atoms with Crippen LogP contribution in [0, 0.1) is 5.82 Å². The first-order valence-electron chi connectivity index (χ1n) is 9.10. The zero-order valence-corrected chi connectivity index (χ0v) is 15.8. The molecule has 6 heteroatoms. The molecule has 1 fully saturated rings. The van der Waals surface area contributed by atoms with Crippen LogP contribution in [-0.4, -0.2) is 65.8 Å². The van der Waals surface area contributed by atoms with Crippen LogP contribution in [0.1, 0.15) is 32.3 Å². The number of piperidine rings is 1. The summed E-state index contributed by atoms with van der Waals surface area (Å²) in [7, 11) is 3.98. The Labute approximate surface area is 154 Å². The number of hydrogen-bond donors (Lipinski definition) is 0. The number of likely N-dealkylation sites (tertiary alicyclic amines) is 1. The number of amides is 2. The predicted molar refractivity (Wildman–Crippen MR) is 98.6 cm³/mol. The second-order valence-corrected chi connectivity index (χ2v) is 7.45. The predicted octanol–water partition coefficient (Wildman–Crippen LogP) is 2.34. The topological polar surface area (TPSA) is 43.9 Å². The molecule has 2 aliphatic heterocycles. The molecule has 0 saturated carbocycles. The third-order valence-electron chi connectivity index (χ3n) is 5.33. The van der Waals surface area contributed by atoms with Gasteiger partial charge in [0.05, 0.1) is 5.57 Å². The van der Waals surface area contributed by atoms with E-state index in [1.807, 2.05) is 25.8 Å². The second kappa shape index (κ2) is 7.19. The lowest BCUT2D eigenvalue weighted by molar-refractivity contribution is -0.139. The Kier molecular flexibility index (Phi) is 5.14. The smallest absolute Gasteiger partial charge is 0.278 e. The summed E-state index contributed by atoms with van der Waals surface area (Å²) >= 11 is 0. The van der Waals surface area contributed by atoms with E-state index in [2.05, 4.69) is 11.9 Å².